The molecule has 0 atom stereocenters. The van der Waals surface area contributed by atoms with Crippen LogP contribution in [0.15, 0.2) is 78.5 Å². The third-order valence-corrected chi connectivity index (χ3v) is 4.62. The molecule has 4 rings (SSSR count). The van der Waals surface area contributed by atoms with Crippen LogP contribution in [0.2, 0.25) is 0 Å². The highest BCUT2D eigenvalue weighted by atomic mass is 19.1. The minimum atomic E-state index is -0.539. The minimum absolute atomic E-state index is 0.0498. The van der Waals surface area contributed by atoms with Gasteiger partial charge in [-0.15, -0.1) is 0 Å². The molecule has 0 spiro atoms. The lowest BCUT2D eigenvalue weighted by molar-refractivity contribution is -0.120. The topological polar surface area (TPSA) is 49.4 Å². The van der Waals surface area contributed by atoms with Gasteiger partial charge in [0.1, 0.15) is 17.3 Å². The van der Waals surface area contributed by atoms with Crippen LogP contribution in [0.25, 0.3) is 5.57 Å². The van der Waals surface area contributed by atoms with Gasteiger partial charge in [0.25, 0.3) is 11.8 Å². The number of nitrogens with zero attached hydrogens (tertiary/aromatic N) is 1. The average Bonchev–Trinajstić information content (AvgIpc) is 2.95. The molecule has 1 N–H and O–H groups in total. The third kappa shape index (κ3) is 3.52. The fourth-order valence-corrected chi connectivity index (χ4v) is 3.14. The molecule has 0 saturated heterocycles. The van der Waals surface area contributed by atoms with E-state index in [-0.39, 0.29) is 11.3 Å². The SMILES string of the molecule is Cc1ccc(N2C(=O)C(Nc3ccc(F)cc3)=C(c3ccc(F)cc3)C2=O)cc1. The van der Waals surface area contributed by atoms with Crippen LogP contribution in [0, 0.1) is 18.6 Å². The zero-order chi connectivity index (χ0) is 20.5. The molecule has 29 heavy (non-hydrogen) atoms. The van der Waals surface area contributed by atoms with Crippen molar-refractivity contribution in [2.75, 3.05) is 10.2 Å². The van der Waals surface area contributed by atoms with Gasteiger partial charge in [-0.25, -0.2) is 13.7 Å². The monoisotopic (exact) mass is 390 g/mol. The molecule has 3 aromatic carbocycles. The number of carbonyl (C=O) groups is 2. The van der Waals surface area contributed by atoms with Crippen molar-refractivity contribution in [1.82, 2.24) is 0 Å². The number of nitrogens with one attached hydrogen (secondary N) is 1. The number of anilines is 2. The molecule has 0 aromatic heterocycles. The van der Waals surface area contributed by atoms with Crippen LogP contribution in [0.4, 0.5) is 20.2 Å². The minimum Gasteiger partial charge on any atom is -0.350 e. The molecule has 0 unspecified atom stereocenters. The van der Waals surface area contributed by atoms with Gasteiger partial charge < -0.3 is 5.32 Å². The predicted octanol–water partition coefficient (Wildman–Crippen LogP) is 4.67. The molecule has 3 aromatic rings. The van der Waals surface area contributed by atoms with Crippen LogP contribution >= 0.6 is 0 Å². The summed E-state index contributed by atoms with van der Waals surface area (Å²) < 4.78 is 26.6. The maximum Gasteiger partial charge on any atom is 0.282 e. The lowest BCUT2D eigenvalue weighted by Gasteiger charge is -2.15. The Morgan fingerprint density at radius 2 is 1.28 bits per heavy atom. The van der Waals surface area contributed by atoms with Crippen molar-refractivity contribution >= 4 is 28.8 Å². The number of imide groups is 1. The Morgan fingerprint density at radius 3 is 1.86 bits per heavy atom. The van der Waals surface area contributed by atoms with E-state index in [4.69, 9.17) is 0 Å². The number of hydrogen-bond donors (Lipinski definition) is 1. The van der Waals surface area contributed by atoms with E-state index in [9.17, 15) is 18.4 Å². The van der Waals surface area contributed by atoms with Gasteiger partial charge in [0.15, 0.2) is 0 Å². The van der Waals surface area contributed by atoms with Gasteiger partial charge in [0.2, 0.25) is 0 Å². The summed E-state index contributed by atoms with van der Waals surface area (Å²) in [5, 5.41) is 2.93. The van der Waals surface area contributed by atoms with Crippen molar-refractivity contribution in [3.63, 3.8) is 0 Å². The molecule has 0 fully saturated rings. The van der Waals surface area contributed by atoms with Crippen LogP contribution in [0.5, 0.6) is 0 Å². The number of amides is 2. The van der Waals surface area contributed by atoms with E-state index in [2.05, 4.69) is 5.32 Å². The zero-order valence-electron chi connectivity index (χ0n) is 15.4. The summed E-state index contributed by atoms with van der Waals surface area (Å²) in [6, 6.07) is 17.8. The largest absolute Gasteiger partial charge is 0.350 e. The smallest absolute Gasteiger partial charge is 0.282 e. The van der Waals surface area contributed by atoms with Gasteiger partial charge in [-0.2, -0.15) is 0 Å². The summed E-state index contributed by atoms with van der Waals surface area (Å²) in [4.78, 5) is 27.4. The lowest BCUT2D eigenvalue weighted by Crippen LogP contribution is -2.32. The van der Waals surface area contributed by atoms with Gasteiger partial charge in [-0.1, -0.05) is 29.8 Å². The molecule has 1 aliphatic heterocycles. The zero-order valence-corrected chi connectivity index (χ0v) is 15.4. The van der Waals surface area contributed by atoms with Crippen LogP contribution < -0.4 is 10.2 Å². The first-order valence-electron chi connectivity index (χ1n) is 8.92. The second-order valence-corrected chi connectivity index (χ2v) is 6.67. The second-order valence-electron chi connectivity index (χ2n) is 6.67. The Kier molecular flexibility index (Phi) is 4.68. The Balaban J connectivity index is 1.80. The number of aryl methyl sites for hydroxylation is 1. The van der Waals surface area contributed by atoms with Crippen molar-refractivity contribution in [3.05, 3.63) is 101 Å². The van der Waals surface area contributed by atoms with E-state index >= 15 is 0 Å². The number of hydrogen-bond acceptors (Lipinski definition) is 3. The highest BCUT2D eigenvalue weighted by molar-refractivity contribution is 6.46. The summed E-state index contributed by atoms with van der Waals surface area (Å²) in [6.07, 6.45) is 0. The summed E-state index contributed by atoms with van der Waals surface area (Å²) in [5.74, 6) is -1.93. The van der Waals surface area contributed by atoms with Gasteiger partial charge in [-0.05, 0) is 61.0 Å². The molecular formula is C23H16F2N2O2. The van der Waals surface area contributed by atoms with E-state index < -0.39 is 23.4 Å². The van der Waals surface area contributed by atoms with Crippen molar-refractivity contribution in [1.29, 1.82) is 0 Å². The molecule has 2 amide bonds. The maximum atomic E-state index is 13.4. The molecule has 0 radical (unpaired) electrons. The number of rotatable bonds is 4. The first-order chi connectivity index (χ1) is 13.9. The fraction of sp³-hybridized carbons (Fsp3) is 0.0435. The molecular weight excluding hydrogens is 374 g/mol. The van der Waals surface area contributed by atoms with Gasteiger partial charge >= 0.3 is 0 Å². The van der Waals surface area contributed by atoms with Gasteiger partial charge in [-0.3, -0.25) is 9.59 Å². The third-order valence-electron chi connectivity index (χ3n) is 4.62. The quantitative estimate of drug-likeness (QED) is 0.659. The van der Waals surface area contributed by atoms with Crippen LogP contribution in [0.1, 0.15) is 11.1 Å². The summed E-state index contributed by atoms with van der Waals surface area (Å²) in [6.45, 7) is 1.90. The molecule has 1 heterocycles. The Labute approximate surface area is 166 Å². The number of benzene rings is 3. The maximum absolute atomic E-state index is 13.4. The van der Waals surface area contributed by atoms with Crippen molar-refractivity contribution in [3.8, 4) is 0 Å². The molecule has 6 heteroatoms. The first kappa shape index (κ1) is 18.6. The van der Waals surface area contributed by atoms with Crippen LogP contribution in [-0.2, 0) is 9.59 Å². The normalized spacial score (nSPS) is 14.0. The molecule has 0 saturated carbocycles. The average molecular weight is 390 g/mol. The molecule has 1 aliphatic rings. The number of halogens is 2. The lowest BCUT2D eigenvalue weighted by atomic mass is 10.0. The van der Waals surface area contributed by atoms with Crippen LogP contribution in [0.3, 0.4) is 0 Å². The summed E-state index contributed by atoms with van der Waals surface area (Å²) in [5.41, 5.74) is 2.45. The predicted molar refractivity (Wildman–Crippen MR) is 107 cm³/mol. The Hall–Kier alpha value is -3.80. The van der Waals surface area contributed by atoms with Crippen molar-refractivity contribution in [2.45, 2.75) is 6.92 Å². The first-order valence-corrected chi connectivity index (χ1v) is 8.92. The van der Waals surface area contributed by atoms with E-state index in [1.165, 1.54) is 48.5 Å². The Bertz CT molecular complexity index is 1120. The standard InChI is InChI=1S/C23H16F2N2O2/c1-14-2-12-19(13-3-14)27-22(28)20(15-4-6-16(24)7-5-15)21(23(27)29)26-18-10-8-17(25)9-11-18/h2-13,26H,1H3. The Morgan fingerprint density at radius 1 is 0.724 bits per heavy atom. The highest BCUT2D eigenvalue weighted by Crippen LogP contribution is 2.34. The fourth-order valence-electron chi connectivity index (χ4n) is 3.14. The van der Waals surface area contributed by atoms with Crippen molar-refractivity contribution in [2.24, 2.45) is 0 Å². The second kappa shape index (κ2) is 7.31. The molecule has 0 aliphatic carbocycles. The summed E-state index contributed by atoms with van der Waals surface area (Å²) >= 11 is 0. The molecule has 144 valence electrons. The van der Waals surface area contributed by atoms with Crippen LogP contribution in [-0.4, -0.2) is 11.8 Å². The van der Waals surface area contributed by atoms with E-state index in [0.717, 1.165) is 10.5 Å². The van der Waals surface area contributed by atoms with E-state index in [1.54, 1.807) is 24.3 Å². The highest BCUT2D eigenvalue weighted by Gasteiger charge is 2.40. The van der Waals surface area contributed by atoms with Gasteiger partial charge in [0, 0.05) is 5.69 Å². The number of carbonyl (C=O) groups excluding carboxylic acids is 2. The van der Waals surface area contributed by atoms with E-state index in [1.807, 2.05) is 6.92 Å². The van der Waals surface area contributed by atoms with E-state index in [0.29, 0.717) is 16.9 Å². The summed E-state index contributed by atoms with van der Waals surface area (Å²) in [7, 11) is 0. The molecule has 4 nitrogen and oxygen atoms in total. The molecule has 0 bridgehead atoms. The van der Waals surface area contributed by atoms with Crippen molar-refractivity contribution < 1.29 is 18.4 Å². The van der Waals surface area contributed by atoms with Gasteiger partial charge in [0.05, 0.1) is 11.3 Å².